The molecule has 1 heterocycles. The van der Waals surface area contributed by atoms with Gasteiger partial charge in [0.25, 0.3) is 0 Å². The summed E-state index contributed by atoms with van der Waals surface area (Å²) in [5.41, 5.74) is 0. The quantitative estimate of drug-likeness (QED) is 0.191. The molecule has 0 spiro atoms. The number of carboxylic acids is 1. The molecular weight excluding hydrogens is 336 g/mol. The van der Waals surface area contributed by atoms with Gasteiger partial charge < -0.3 is 55.1 Å². The second kappa shape index (κ2) is 8.75. The summed E-state index contributed by atoms with van der Waals surface area (Å²) in [4.78, 5) is 21.5. The van der Waals surface area contributed by atoms with Gasteiger partial charge in [-0.05, 0) is 0 Å². The van der Waals surface area contributed by atoms with Crippen LogP contribution in [0.2, 0.25) is 0 Å². The molecule has 12 nitrogen and oxygen atoms in total. The molecule has 0 aromatic rings. The van der Waals surface area contributed by atoms with E-state index in [-0.39, 0.29) is 6.29 Å². The molecule has 8 N–H and O–H groups in total. The van der Waals surface area contributed by atoms with E-state index in [2.05, 4.69) is 0 Å². The number of ether oxygens (including phenoxy) is 2. The molecule has 1 aliphatic heterocycles. The number of carboxylic acid groups (broad SMARTS) is 1. The lowest BCUT2D eigenvalue weighted by Gasteiger charge is -2.41. The highest BCUT2D eigenvalue weighted by Gasteiger charge is 2.49. The zero-order valence-electron chi connectivity index (χ0n) is 12.2. The number of aldehydes is 1. The van der Waals surface area contributed by atoms with E-state index < -0.39 is 67.7 Å². The summed E-state index contributed by atoms with van der Waals surface area (Å²) in [6.07, 6.45) is -17.8. The maximum Gasteiger partial charge on any atom is 0.335 e. The minimum atomic E-state index is -2.06. The van der Waals surface area contributed by atoms with Crippen molar-refractivity contribution in [1.82, 2.24) is 0 Å². The Kier molecular flexibility index (Phi) is 7.59. The van der Waals surface area contributed by atoms with Crippen molar-refractivity contribution in [2.45, 2.75) is 55.1 Å². The predicted molar refractivity (Wildman–Crippen MR) is 70.4 cm³/mol. The summed E-state index contributed by atoms with van der Waals surface area (Å²) in [6, 6.07) is 0. The van der Waals surface area contributed by atoms with Crippen molar-refractivity contribution in [3.63, 3.8) is 0 Å². The van der Waals surface area contributed by atoms with Gasteiger partial charge in [0, 0.05) is 0 Å². The average molecular weight is 356 g/mol. The fraction of sp³-hybridized carbons (Fsp3) is 0.833. The number of carbonyl (C=O) groups excluding carboxylic acids is 1. The maximum atomic E-state index is 11.0. The first kappa shape index (κ1) is 20.8. The number of aliphatic carboxylic acids is 1. The highest BCUT2D eigenvalue weighted by atomic mass is 16.7. The van der Waals surface area contributed by atoms with Crippen LogP contribution in [0.15, 0.2) is 0 Å². The Hall–Kier alpha value is -1.22. The molecule has 1 aliphatic rings. The van der Waals surface area contributed by atoms with Crippen molar-refractivity contribution in [3.05, 3.63) is 0 Å². The number of carbonyl (C=O) groups is 2. The predicted octanol–water partition coefficient (Wildman–Crippen LogP) is -5.46. The van der Waals surface area contributed by atoms with E-state index in [1.165, 1.54) is 0 Å². The summed E-state index contributed by atoms with van der Waals surface area (Å²) >= 11 is 0. The summed E-state index contributed by atoms with van der Waals surface area (Å²) in [6.45, 7) is -0.982. The van der Waals surface area contributed by atoms with Crippen LogP contribution in [0.3, 0.4) is 0 Å². The zero-order valence-corrected chi connectivity index (χ0v) is 12.2. The smallest absolute Gasteiger partial charge is 0.335 e. The third-order valence-electron chi connectivity index (χ3n) is 3.50. The molecule has 12 heteroatoms. The van der Waals surface area contributed by atoms with Crippen molar-refractivity contribution in [1.29, 1.82) is 0 Å². The Balaban J connectivity index is 2.98. The topological polar surface area (TPSA) is 214 Å². The second-order valence-electron chi connectivity index (χ2n) is 5.20. The normalized spacial score (nSPS) is 35.7. The van der Waals surface area contributed by atoms with Crippen molar-refractivity contribution < 1.29 is 59.9 Å². The first-order chi connectivity index (χ1) is 11.1. The van der Waals surface area contributed by atoms with Gasteiger partial charge in [0.1, 0.15) is 42.7 Å². The Morgan fingerprint density at radius 2 is 1.71 bits per heavy atom. The minimum absolute atomic E-state index is 0.0814. The standard InChI is InChI=1S/C12H20O12/c13-1-3(15)5(17)9(4(16)2-14)23-12-8(20)6(18)7(19)10(24-12)11(21)22/h1,3-10,12,14-20H,2H2,(H,21,22). The molecule has 0 bridgehead atoms. The van der Waals surface area contributed by atoms with Gasteiger partial charge in [0.15, 0.2) is 18.7 Å². The van der Waals surface area contributed by atoms with E-state index in [4.69, 9.17) is 19.7 Å². The van der Waals surface area contributed by atoms with Crippen LogP contribution in [0.4, 0.5) is 0 Å². The van der Waals surface area contributed by atoms with E-state index in [0.29, 0.717) is 0 Å². The molecule has 0 amide bonds. The van der Waals surface area contributed by atoms with Crippen molar-refractivity contribution in [3.8, 4) is 0 Å². The molecule has 24 heavy (non-hydrogen) atoms. The van der Waals surface area contributed by atoms with Gasteiger partial charge in [-0.25, -0.2) is 4.79 Å². The van der Waals surface area contributed by atoms with Crippen LogP contribution in [0.25, 0.3) is 0 Å². The molecule has 0 radical (unpaired) electrons. The SMILES string of the molecule is O=CC(O)C(O)C(OC1OC(C(=O)O)C(O)C(O)C1O)C(O)CO. The van der Waals surface area contributed by atoms with Crippen LogP contribution in [0, 0.1) is 0 Å². The Bertz CT molecular complexity index is 430. The van der Waals surface area contributed by atoms with Crippen LogP contribution in [-0.2, 0) is 19.1 Å². The summed E-state index contributed by atoms with van der Waals surface area (Å²) in [5, 5.41) is 75.4. The Labute approximate surface area is 135 Å². The molecule has 140 valence electrons. The third-order valence-corrected chi connectivity index (χ3v) is 3.50. The highest BCUT2D eigenvalue weighted by molar-refractivity contribution is 5.73. The lowest BCUT2D eigenvalue weighted by molar-refractivity contribution is -0.320. The molecule has 1 saturated heterocycles. The monoisotopic (exact) mass is 356 g/mol. The zero-order chi connectivity index (χ0) is 18.6. The molecule has 0 saturated carbocycles. The molecule has 1 rings (SSSR count). The first-order valence-electron chi connectivity index (χ1n) is 6.84. The average Bonchev–Trinajstić information content (AvgIpc) is 2.56. The maximum absolute atomic E-state index is 11.0. The van der Waals surface area contributed by atoms with Crippen LogP contribution in [-0.4, -0.2) is 115 Å². The number of aliphatic hydroxyl groups excluding tert-OH is 7. The van der Waals surface area contributed by atoms with E-state index >= 15 is 0 Å². The minimum Gasteiger partial charge on any atom is -0.479 e. The summed E-state index contributed by atoms with van der Waals surface area (Å²) in [7, 11) is 0. The van der Waals surface area contributed by atoms with Crippen LogP contribution >= 0.6 is 0 Å². The van der Waals surface area contributed by atoms with Gasteiger partial charge in [-0.3, -0.25) is 0 Å². The number of hydrogen-bond acceptors (Lipinski definition) is 11. The molecular formula is C12H20O12. The summed E-state index contributed by atoms with van der Waals surface area (Å²) in [5.74, 6) is -1.69. The van der Waals surface area contributed by atoms with Gasteiger partial charge in [-0.15, -0.1) is 0 Å². The molecule has 1 fully saturated rings. The number of hydrogen-bond donors (Lipinski definition) is 8. The van der Waals surface area contributed by atoms with Crippen molar-refractivity contribution in [2.24, 2.45) is 0 Å². The van der Waals surface area contributed by atoms with E-state index in [0.717, 1.165) is 0 Å². The lowest BCUT2D eigenvalue weighted by Crippen LogP contribution is -2.62. The first-order valence-corrected chi connectivity index (χ1v) is 6.84. The number of aliphatic hydroxyl groups is 7. The second-order valence-corrected chi connectivity index (χ2v) is 5.20. The Morgan fingerprint density at radius 1 is 1.12 bits per heavy atom. The molecule has 0 aliphatic carbocycles. The number of rotatable bonds is 8. The highest BCUT2D eigenvalue weighted by Crippen LogP contribution is 2.25. The molecule has 9 unspecified atom stereocenters. The van der Waals surface area contributed by atoms with Crippen molar-refractivity contribution in [2.75, 3.05) is 6.61 Å². The molecule has 9 atom stereocenters. The molecule has 0 aromatic heterocycles. The Morgan fingerprint density at radius 3 is 2.17 bits per heavy atom. The van der Waals surface area contributed by atoms with E-state index in [1.807, 2.05) is 0 Å². The van der Waals surface area contributed by atoms with E-state index in [1.54, 1.807) is 0 Å². The van der Waals surface area contributed by atoms with Crippen LogP contribution in [0.1, 0.15) is 0 Å². The largest absolute Gasteiger partial charge is 0.479 e. The van der Waals surface area contributed by atoms with Gasteiger partial charge in [0.05, 0.1) is 6.61 Å². The fourth-order valence-corrected chi connectivity index (χ4v) is 2.10. The van der Waals surface area contributed by atoms with Crippen LogP contribution in [0.5, 0.6) is 0 Å². The van der Waals surface area contributed by atoms with Gasteiger partial charge in [-0.1, -0.05) is 0 Å². The van der Waals surface area contributed by atoms with Crippen LogP contribution < -0.4 is 0 Å². The van der Waals surface area contributed by atoms with Gasteiger partial charge in [0.2, 0.25) is 0 Å². The lowest BCUT2D eigenvalue weighted by atomic mass is 9.98. The molecule has 0 aromatic carbocycles. The summed E-state index contributed by atoms with van der Waals surface area (Å²) < 4.78 is 9.73. The third kappa shape index (κ3) is 4.44. The van der Waals surface area contributed by atoms with Gasteiger partial charge >= 0.3 is 5.97 Å². The fourth-order valence-electron chi connectivity index (χ4n) is 2.10. The van der Waals surface area contributed by atoms with Crippen molar-refractivity contribution >= 4 is 12.3 Å². The van der Waals surface area contributed by atoms with E-state index in [9.17, 15) is 40.2 Å². The van der Waals surface area contributed by atoms with Gasteiger partial charge in [-0.2, -0.15) is 0 Å².